The lowest BCUT2D eigenvalue weighted by Crippen LogP contribution is -2.34. The maximum Gasteiger partial charge on any atom is 0.345 e. The Morgan fingerprint density at radius 2 is 2.05 bits per heavy atom. The highest BCUT2D eigenvalue weighted by molar-refractivity contribution is 7.14. The number of aryl methyl sites for hydroxylation is 1. The molecule has 1 aromatic rings. The summed E-state index contributed by atoms with van der Waals surface area (Å²) in [6, 6.07) is 2.49. The van der Waals surface area contributed by atoms with Crippen molar-refractivity contribution in [1.29, 1.82) is 0 Å². The van der Waals surface area contributed by atoms with Crippen molar-refractivity contribution in [2.45, 2.75) is 52.1 Å². The first kappa shape index (κ1) is 14.5. The zero-order valence-corrected chi connectivity index (χ0v) is 12.8. The second kappa shape index (κ2) is 6.06. The van der Waals surface area contributed by atoms with E-state index in [0.29, 0.717) is 10.9 Å². The van der Waals surface area contributed by atoms with Crippen molar-refractivity contribution < 1.29 is 9.90 Å². The molecule has 1 N–H and O–H groups in total. The van der Waals surface area contributed by atoms with Crippen LogP contribution in [0.3, 0.4) is 0 Å². The van der Waals surface area contributed by atoms with Crippen LogP contribution in [0.4, 0.5) is 0 Å². The Kier molecular flexibility index (Phi) is 4.63. The lowest BCUT2D eigenvalue weighted by molar-refractivity contribution is 0.0702. The Bertz CT molecular complexity index is 447. The normalized spacial score (nSPS) is 23.8. The maximum absolute atomic E-state index is 11.0. The van der Waals surface area contributed by atoms with Crippen LogP contribution in [0.2, 0.25) is 0 Å². The number of nitrogens with zero attached hydrogens (tertiary/aromatic N) is 1. The topological polar surface area (TPSA) is 40.5 Å². The third-order valence-electron chi connectivity index (χ3n) is 4.26. The highest BCUT2D eigenvalue weighted by Crippen LogP contribution is 2.29. The summed E-state index contributed by atoms with van der Waals surface area (Å²) in [7, 11) is 2.16. The fraction of sp³-hybridized carbons (Fsp3) is 0.667. The summed E-state index contributed by atoms with van der Waals surface area (Å²) in [5.74, 6) is 0.0552. The fourth-order valence-electron chi connectivity index (χ4n) is 2.86. The van der Waals surface area contributed by atoms with E-state index in [4.69, 9.17) is 5.11 Å². The molecule has 1 heterocycles. The van der Waals surface area contributed by atoms with Crippen molar-refractivity contribution >= 4 is 17.3 Å². The summed E-state index contributed by atoms with van der Waals surface area (Å²) < 4.78 is 0. The second-order valence-electron chi connectivity index (χ2n) is 5.83. The number of hydrogen-bond acceptors (Lipinski definition) is 3. The third kappa shape index (κ3) is 3.57. The van der Waals surface area contributed by atoms with Crippen LogP contribution >= 0.6 is 11.3 Å². The molecule has 19 heavy (non-hydrogen) atoms. The Labute approximate surface area is 119 Å². The molecule has 0 atom stereocenters. The number of rotatable bonds is 4. The Hall–Kier alpha value is -0.870. The van der Waals surface area contributed by atoms with E-state index in [1.807, 2.05) is 13.0 Å². The minimum atomic E-state index is -0.812. The lowest BCUT2D eigenvalue weighted by Gasteiger charge is -2.33. The van der Waals surface area contributed by atoms with Gasteiger partial charge in [0.05, 0.1) is 0 Å². The van der Waals surface area contributed by atoms with Gasteiger partial charge in [0.2, 0.25) is 0 Å². The van der Waals surface area contributed by atoms with Crippen LogP contribution < -0.4 is 0 Å². The summed E-state index contributed by atoms with van der Waals surface area (Å²) in [5.41, 5.74) is 1.17. The Morgan fingerprint density at radius 3 is 2.58 bits per heavy atom. The molecule has 1 aliphatic carbocycles. The smallest absolute Gasteiger partial charge is 0.345 e. The van der Waals surface area contributed by atoms with Crippen LogP contribution in [-0.2, 0) is 6.54 Å². The number of aromatic carboxylic acids is 1. The molecule has 0 aliphatic heterocycles. The molecule has 0 amide bonds. The van der Waals surface area contributed by atoms with Gasteiger partial charge < -0.3 is 5.11 Å². The molecule has 0 aromatic carbocycles. The van der Waals surface area contributed by atoms with Crippen molar-refractivity contribution in [3.63, 3.8) is 0 Å². The maximum atomic E-state index is 11.0. The molecule has 2 rings (SSSR count). The van der Waals surface area contributed by atoms with Gasteiger partial charge in [-0.25, -0.2) is 4.79 Å². The van der Waals surface area contributed by atoms with Gasteiger partial charge >= 0.3 is 5.97 Å². The van der Waals surface area contributed by atoms with Crippen molar-refractivity contribution in [3.05, 3.63) is 21.4 Å². The quantitative estimate of drug-likeness (QED) is 0.913. The monoisotopic (exact) mass is 281 g/mol. The van der Waals surface area contributed by atoms with Crippen LogP contribution in [0.5, 0.6) is 0 Å². The van der Waals surface area contributed by atoms with E-state index in [1.54, 1.807) is 0 Å². The second-order valence-corrected chi connectivity index (χ2v) is 7.08. The highest BCUT2D eigenvalue weighted by Gasteiger charge is 2.22. The van der Waals surface area contributed by atoms with Gasteiger partial charge in [-0.05, 0) is 57.2 Å². The van der Waals surface area contributed by atoms with Gasteiger partial charge in [-0.1, -0.05) is 6.92 Å². The summed E-state index contributed by atoms with van der Waals surface area (Å²) in [5, 5.41) is 9.03. The van der Waals surface area contributed by atoms with E-state index in [-0.39, 0.29) is 0 Å². The van der Waals surface area contributed by atoms with Gasteiger partial charge in [0.25, 0.3) is 0 Å². The van der Waals surface area contributed by atoms with Gasteiger partial charge in [0.1, 0.15) is 4.88 Å². The largest absolute Gasteiger partial charge is 0.477 e. The molecule has 0 spiro atoms. The van der Waals surface area contributed by atoms with E-state index in [2.05, 4.69) is 18.9 Å². The summed E-state index contributed by atoms with van der Waals surface area (Å²) >= 11 is 1.39. The van der Waals surface area contributed by atoms with E-state index < -0.39 is 5.97 Å². The molecule has 0 saturated heterocycles. The minimum absolute atomic E-state index is 0.457. The molecule has 1 saturated carbocycles. The van der Waals surface area contributed by atoms with Crippen LogP contribution in [0, 0.1) is 12.8 Å². The summed E-state index contributed by atoms with van der Waals surface area (Å²) in [4.78, 5) is 15.0. The summed E-state index contributed by atoms with van der Waals surface area (Å²) in [6.45, 7) is 5.22. The molecule has 1 aromatic heterocycles. The van der Waals surface area contributed by atoms with Crippen LogP contribution in [0.15, 0.2) is 6.07 Å². The van der Waals surface area contributed by atoms with Crippen molar-refractivity contribution in [1.82, 2.24) is 4.90 Å². The average molecular weight is 281 g/mol. The van der Waals surface area contributed by atoms with Gasteiger partial charge in [-0.3, -0.25) is 4.90 Å². The van der Waals surface area contributed by atoms with Gasteiger partial charge in [0.15, 0.2) is 0 Å². The number of carboxylic acid groups (broad SMARTS) is 1. The molecule has 1 fully saturated rings. The number of thiophene rings is 1. The lowest BCUT2D eigenvalue weighted by atomic mass is 9.86. The van der Waals surface area contributed by atoms with E-state index in [0.717, 1.165) is 17.3 Å². The molecule has 1 aliphatic rings. The van der Waals surface area contributed by atoms with Crippen LogP contribution in [0.25, 0.3) is 0 Å². The van der Waals surface area contributed by atoms with E-state index in [9.17, 15) is 4.79 Å². The summed E-state index contributed by atoms with van der Waals surface area (Å²) in [6.07, 6.45) is 5.18. The van der Waals surface area contributed by atoms with E-state index >= 15 is 0 Å². The number of carboxylic acids is 1. The standard InChI is InChI=1S/C15H23NO2S/c1-10-4-6-13(7-5-10)16(3)9-12-8-14(15(17)18)19-11(12)2/h8,10,13H,4-7,9H2,1-3H3,(H,17,18). The molecular formula is C15H23NO2S. The predicted octanol–water partition coefficient (Wildman–Crippen LogP) is 3.77. The first-order valence-corrected chi connectivity index (χ1v) is 7.82. The average Bonchev–Trinajstić information content (AvgIpc) is 2.72. The molecule has 0 bridgehead atoms. The van der Waals surface area contributed by atoms with Crippen LogP contribution in [0.1, 0.15) is 52.7 Å². The zero-order valence-electron chi connectivity index (χ0n) is 12.0. The van der Waals surface area contributed by atoms with Gasteiger partial charge in [-0.15, -0.1) is 11.3 Å². The fourth-order valence-corrected chi connectivity index (χ4v) is 3.74. The van der Waals surface area contributed by atoms with Crippen LogP contribution in [-0.4, -0.2) is 29.1 Å². The zero-order chi connectivity index (χ0) is 14.0. The minimum Gasteiger partial charge on any atom is -0.477 e. The highest BCUT2D eigenvalue weighted by atomic mass is 32.1. The molecule has 4 heteroatoms. The van der Waals surface area contributed by atoms with Crippen molar-refractivity contribution in [2.75, 3.05) is 7.05 Å². The Morgan fingerprint density at radius 1 is 1.42 bits per heavy atom. The predicted molar refractivity (Wildman–Crippen MR) is 78.9 cm³/mol. The van der Waals surface area contributed by atoms with E-state index in [1.165, 1.54) is 42.6 Å². The van der Waals surface area contributed by atoms with Gasteiger partial charge in [0, 0.05) is 17.5 Å². The number of hydrogen-bond donors (Lipinski definition) is 1. The molecule has 0 radical (unpaired) electrons. The third-order valence-corrected chi connectivity index (χ3v) is 5.34. The molecular weight excluding hydrogens is 258 g/mol. The van der Waals surface area contributed by atoms with Crippen molar-refractivity contribution in [2.24, 2.45) is 5.92 Å². The SMILES string of the molecule is Cc1sc(C(=O)O)cc1CN(C)C1CCC(C)CC1. The van der Waals surface area contributed by atoms with Crippen molar-refractivity contribution in [3.8, 4) is 0 Å². The first-order valence-electron chi connectivity index (χ1n) is 7.00. The first-order chi connectivity index (χ1) is 8.97. The molecule has 3 nitrogen and oxygen atoms in total. The van der Waals surface area contributed by atoms with Gasteiger partial charge in [-0.2, -0.15) is 0 Å². The molecule has 0 unspecified atom stereocenters. The Balaban J connectivity index is 1.98. The number of carbonyl (C=O) groups is 1. The molecule has 106 valence electrons.